The summed E-state index contributed by atoms with van der Waals surface area (Å²) in [5.74, 6) is -0.00632. The number of carbonyl (C=O) groups is 1. The van der Waals surface area contributed by atoms with Crippen molar-refractivity contribution in [2.75, 3.05) is 0 Å². The molecule has 2 rings (SSSR count). The maximum Gasteiger partial charge on any atom is 0.248 e. The Kier molecular flexibility index (Phi) is 2.87. The molecule has 2 N–H and O–H groups in total. The molecule has 80 valence electrons. The van der Waals surface area contributed by atoms with Gasteiger partial charge in [-0.2, -0.15) is 0 Å². The SMILES string of the molecule is O=C1\C=C/C=C\C=C(\c2cccc(O)c2)N1. The standard InChI is InChI=1S/C13H11NO2/c15-11-6-4-5-10(9-11)12-7-2-1-3-8-13(16)14-12/h1-9,15H,(H,14,16). The van der Waals surface area contributed by atoms with Crippen LogP contribution in [0.2, 0.25) is 0 Å². The van der Waals surface area contributed by atoms with E-state index in [-0.39, 0.29) is 11.7 Å². The van der Waals surface area contributed by atoms with Crippen molar-refractivity contribution in [3.05, 3.63) is 60.2 Å². The Labute approximate surface area is 93.4 Å². The highest BCUT2D eigenvalue weighted by Crippen LogP contribution is 2.17. The van der Waals surface area contributed by atoms with E-state index in [1.165, 1.54) is 6.08 Å². The van der Waals surface area contributed by atoms with Crippen molar-refractivity contribution in [3.8, 4) is 5.75 Å². The number of amides is 1. The molecule has 0 bridgehead atoms. The average Bonchev–Trinajstić information content (AvgIpc) is 2.23. The summed E-state index contributed by atoms with van der Waals surface area (Å²) in [4.78, 5) is 11.4. The second-order valence-electron chi connectivity index (χ2n) is 3.36. The van der Waals surface area contributed by atoms with Crippen molar-refractivity contribution in [2.45, 2.75) is 0 Å². The van der Waals surface area contributed by atoms with Crippen molar-refractivity contribution >= 4 is 11.6 Å². The maximum atomic E-state index is 11.4. The van der Waals surface area contributed by atoms with Crippen molar-refractivity contribution in [1.82, 2.24) is 5.32 Å². The normalized spacial score (nSPS) is 22.2. The Morgan fingerprint density at radius 2 is 2.00 bits per heavy atom. The molecule has 0 fully saturated rings. The predicted molar refractivity (Wildman–Crippen MR) is 62.5 cm³/mol. The summed E-state index contributed by atoms with van der Waals surface area (Å²) >= 11 is 0. The second-order valence-corrected chi connectivity index (χ2v) is 3.36. The van der Waals surface area contributed by atoms with Crippen molar-refractivity contribution in [2.24, 2.45) is 0 Å². The van der Waals surface area contributed by atoms with Gasteiger partial charge in [0.25, 0.3) is 0 Å². The summed E-state index contributed by atoms with van der Waals surface area (Å²) in [6.07, 6.45) is 8.52. The minimum atomic E-state index is -0.182. The molecular weight excluding hydrogens is 202 g/mol. The van der Waals surface area contributed by atoms with Gasteiger partial charge in [0.05, 0.1) is 0 Å². The van der Waals surface area contributed by atoms with Crippen LogP contribution >= 0.6 is 0 Å². The Hall–Kier alpha value is -2.29. The number of aromatic hydroxyl groups is 1. The minimum absolute atomic E-state index is 0.175. The van der Waals surface area contributed by atoms with Gasteiger partial charge in [0.15, 0.2) is 0 Å². The molecule has 1 aromatic carbocycles. The number of hydrogen-bond acceptors (Lipinski definition) is 2. The molecule has 0 atom stereocenters. The number of rotatable bonds is 1. The van der Waals surface area contributed by atoms with Crippen LogP contribution in [-0.2, 0) is 4.79 Å². The number of benzene rings is 1. The van der Waals surface area contributed by atoms with Crippen LogP contribution in [0.1, 0.15) is 5.56 Å². The first kappa shape index (κ1) is 10.2. The molecule has 0 saturated heterocycles. The van der Waals surface area contributed by atoms with E-state index in [0.29, 0.717) is 5.70 Å². The van der Waals surface area contributed by atoms with Gasteiger partial charge < -0.3 is 10.4 Å². The van der Waals surface area contributed by atoms with Crippen LogP contribution in [-0.4, -0.2) is 11.0 Å². The molecule has 0 spiro atoms. The van der Waals surface area contributed by atoms with E-state index in [0.717, 1.165) is 5.56 Å². The lowest BCUT2D eigenvalue weighted by atomic mass is 10.1. The molecule has 1 aliphatic rings. The Morgan fingerprint density at radius 1 is 1.12 bits per heavy atom. The number of phenolic OH excluding ortho intramolecular Hbond substituents is 1. The summed E-state index contributed by atoms with van der Waals surface area (Å²) in [5.41, 5.74) is 1.44. The van der Waals surface area contributed by atoms with E-state index < -0.39 is 0 Å². The lowest BCUT2D eigenvalue weighted by Crippen LogP contribution is -2.19. The highest BCUT2D eigenvalue weighted by atomic mass is 16.3. The van der Waals surface area contributed by atoms with Crippen molar-refractivity contribution in [1.29, 1.82) is 0 Å². The molecule has 1 amide bonds. The Bertz CT molecular complexity index is 498. The zero-order valence-corrected chi connectivity index (χ0v) is 8.55. The van der Waals surface area contributed by atoms with Gasteiger partial charge in [0, 0.05) is 17.3 Å². The third-order valence-electron chi connectivity index (χ3n) is 2.15. The topological polar surface area (TPSA) is 49.3 Å². The predicted octanol–water partition coefficient (Wildman–Crippen LogP) is 1.98. The molecule has 1 aliphatic heterocycles. The molecule has 3 nitrogen and oxygen atoms in total. The van der Waals surface area contributed by atoms with E-state index in [4.69, 9.17) is 0 Å². The molecule has 3 heteroatoms. The molecule has 0 aliphatic carbocycles. The van der Waals surface area contributed by atoms with Crippen LogP contribution < -0.4 is 5.32 Å². The molecule has 0 aromatic heterocycles. The van der Waals surface area contributed by atoms with Gasteiger partial charge in [-0.1, -0.05) is 30.4 Å². The van der Waals surface area contributed by atoms with E-state index in [1.807, 2.05) is 12.1 Å². The van der Waals surface area contributed by atoms with E-state index in [2.05, 4.69) is 5.32 Å². The van der Waals surface area contributed by atoms with Gasteiger partial charge in [-0.15, -0.1) is 0 Å². The van der Waals surface area contributed by atoms with Crippen LogP contribution in [0.5, 0.6) is 5.75 Å². The number of nitrogens with one attached hydrogen (secondary N) is 1. The number of hydrogen-bond donors (Lipinski definition) is 2. The molecule has 1 aromatic rings. The highest BCUT2D eigenvalue weighted by molar-refractivity contribution is 5.95. The number of phenols is 1. The van der Waals surface area contributed by atoms with Crippen LogP contribution in [0.25, 0.3) is 5.70 Å². The summed E-state index contributed by atoms with van der Waals surface area (Å²) in [7, 11) is 0. The molecular formula is C13H11NO2. The molecule has 16 heavy (non-hydrogen) atoms. The van der Waals surface area contributed by atoms with Gasteiger partial charge in [0.2, 0.25) is 5.91 Å². The Balaban J connectivity index is 2.36. The summed E-state index contributed by atoms with van der Waals surface area (Å²) < 4.78 is 0. The van der Waals surface area contributed by atoms with Crippen LogP contribution in [0.15, 0.2) is 54.6 Å². The maximum absolute atomic E-state index is 11.4. The van der Waals surface area contributed by atoms with E-state index in [1.54, 1.807) is 36.4 Å². The van der Waals surface area contributed by atoms with Crippen LogP contribution in [0.4, 0.5) is 0 Å². The van der Waals surface area contributed by atoms with Crippen molar-refractivity contribution < 1.29 is 9.90 Å². The first-order chi connectivity index (χ1) is 7.75. The van der Waals surface area contributed by atoms with E-state index >= 15 is 0 Å². The van der Waals surface area contributed by atoms with Gasteiger partial charge >= 0.3 is 0 Å². The van der Waals surface area contributed by atoms with Gasteiger partial charge in [0.1, 0.15) is 5.75 Å². The highest BCUT2D eigenvalue weighted by Gasteiger charge is 2.05. The molecule has 1 heterocycles. The molecule has 0 saturated carbocycles. The van der Waals surface area contributed by atoms with Gasteiger partial charge in [-0.25, -0.2) is 0 Å². The quantitative estimate of drug-likeness (QED) is 0.749. The first-order valence-corrected chi connectivity index (χ1v) is 4.91. The summed E-state index contributed by atoms with van der Waals surface area (Å²) in [6, 6.07) is 6.75. The number of carbonyl (C=O) groups excluding carboxylic acids is 1. The number of allylic oxidation sites excluding steroid dienone is 4. The fourth-order valence-electron chi connectivity index (χ4n) is 1.42. The Morgan fingerprint density at radius 3 is 2.81 bits per heavy atom. The summed E-state index contributed by atoms with van der Waals surface area (Å²) in [6.45, 7) is 0. The fourth-order valence-corrected chi connectivity index (χ4v) is 1.42. The van der Waals surface area contributed by atoms with Crippen LogP contribution in [0, 0.1) is 0 Å². The molecule has 0 radical (unpaired) electrons. The third kappa shape index (κ3) is 2.39. The minimum Gasteiger partial charge on any atom is -0.508 e. The second kappa shape index (κ2) is 4.49. The monoisotopic (exact) mass is 213 g/mol. The van der Waals surface area contributed by atoms with Crippen molar-refractivity contribution in [3.63, 3.8) is 0 Å². The zero-order chi connectivity index (χ0) is 11.4. The van der Waals surface area contributed by atoms with Crippen LogP contribution in [0.3, 0.4) is 0 Å². The lowest BCUT2D eigenvalue weighted by molar-refractivity contribution is -0.115. The first-order valence-electron chi connectivity index (χ1n) is 4.91. The largest absolute Gasteiger partial charge is 0.508 e. The lowest BCUT2D eigenvalue weighted by Gasteiger charge is -2.09. The smallest absolute Gasteiger partial charge is 0.248 e. The fraction of sp³-hybridized carbons (Fsp3) is 0. The molecule has 0 unspecified atom stereocenters. The van der Waals surface area contributed by atoms with Gasteiger partial charge in [-0.05, 0) is 18.2 Å². The van der Waals surface area contributed by atoms with E-state index in [9.17, 15) is 9.90 Å². The summed E-state index contributed by atoms with van der Waals surface area (Å²) in [5, 5.41) is 12.1. The average molecular weight is 213 g/mol. The zero-order valence-electron chi connectivity index (χ0n) is 8.55. The third-order valence-corrected chi connectivity index (χ3v) is 2.15. The van der Waals surface area contributed by atoms with Gasteiger partial charge in [-0.3, -0.25) is 4.79 Å².